The van der Waals surface area contributed by atoms with Crippen LogP contribution >= 0.6 is 24.0 Å². The number of nitrogens with zero attached hydrogens (tertiary/aromatic N) is 1. The Hall–Kier alpha value is -4.15. The standard InChI is InChI=1S/C28H25N3O5S2/c1-35-23-10-6-5-9-21(23)17-24-27(34)31(28(37)38-24)16-15-25(32)29-30-26(33)20-11-13-22(14-12-20)36-18-19-7-3-2-4-8-19/h2-14,17H,15-16,18H2,1H3,(H,29,32)(H,30,33). The van der Waals surface area contributed by atoms with Crippen molar-refractivity contribution in [3.05, 3.63) is 100 Å². The molecular formula is C28H25N3O5S2. The van der Waals surface area contributed by atoms with Crippen LogP contribution in [0.3, 0.4) is 0 Å². The summed E-state index contributed by atoms with van der Waals surface area (Å²) in [7, 11) is 1.56. The minimum atomic E-state index is -0.474. The fraction of sp³-hybridized carbons (Fsp3) is 0.143. The van der Waals surface area contributed by atoms with Crippen LogP contribution in [-0.4, -0.2) is 40.6 Å². The molecule has 1 aliphatic rings. The number of carbonyl (C=O) groups excluding carboxylic acids is 3. The molecule has 0 bridgehead atoms. The summed E-state index contributed by atoms with van der Waals surface area (Å²) < 4.78 is 11.4. The summed E-state index contributed by atoms with van der Waals surface area (Å²) in [5.74, 6) is 0.0551. The fourth-order valence-corrected chi connectivity index (χ4v) is 4.84. The van der Waals surface area contributed by atoms with Gasteiger partial charge in [-0.05, 0) is 42.0 Å². The van der Waals surface area contributed by atoms with Crippen LogP contribution in [0.25, 0.3) is 6.08 Å². The second kappa shape index (κ2) is 12.9. The van der Waals surface area contributed by atoms with Crippen molar-refractivity contribution in [1.29, 1.82) is 0 Å². The molecule has 8 nitrogen and oxygen atoms in total. The number of methoxy groups -OCH3 is 1. The first kappa shape index (κ1) is 26.9. The van der Waals surface area contributed by atoms with Crippen LogP contribution in [0, 0.1) is 0 Å². The highest BCUT2D eigenvalue weighted by molar-refractivity contribution is 8.26. The number of carbonyl (C=O) groups is 3. The molecule has 38 heavy (non-hydrogen) atoms. The van der Waals surface area contributed by atoms with Crippen LogP contribution in [-0.2, 0) is 16.2 Å². The minimum absolute atomic E-state index is 0.0408. The van der Waals surface area contributed by atoms with Gasteiger partial charge in [0.2, 0.25) is 5.91 Å². The molecule has 0 unspecified atom stereocenters. The van der Waals surface area contributed by atoms with Gasteiger partial charge in [-0.3, -0.25) is 30.1 Å². The molecule has 0 saturated carbocycles. The van der Waals surface area contributed by atoms with E-state index in [9.17, 15) is 14.4 Å². The average molecular weight is 548 g/mol. The smallest absolute Gasteiger partial charge is 0.269 e. The summed E-state index contributed by atoms with van der Waals surface area (Å²) >= 11 is 6.50. The monoisotopic (exact) mass is 547 g/mol. The molecule has 194 valence electrons. The van der Waals surface area contributed by atoms with E-state index in [-0.39, 0.29) is 18.9 Å². The minimum Gasteiger partial charge on any atom is -0.496 e. The van der Waals surface area contributed by atoms with E-state index in [0.717, 1.165) is 11.1 Å². The maximum absolute atomic E-state index is 12.8. The summed E-state index contributed by atoms with van der Waals surface area (Å²) in [4.78, 5) is 39.4. The third-order valence-electron chi connectivity index (χ3n) is 5.54. The predicted octanol–water partition coefficient (Wildman–Crippen LogP) is 4.33. The molecule has 0 radical (unpaired) electrons. The van der Waals surface area contributed by atoms with E-state index in [1.54, 1.807) is 43.5 Å². The number of hydrazine groups is 1. The van der Waals surface area contributed by atoms with Crippen LogP contribution in [0.15, 0.2) is 83.8 Å². The van der Waals surface area contributed by atoms with Gasteiger partial charge in [-0.1, -0.05) is 72.5 Å². The Morgan fingerprint density at radius 2 is 1.68 bits per heavy atom. The Balaban J connectivity index is 1.23. The summed E-state index contributed by atoms with van der Waals surface area (Å²) in [5, 5.41) is 0. The quantitative estimate of drug-likeness (QED) is 0.234. The van der Waals surface area contributed by atoms with Gasteiger partial charge in [0.05, 0.1) is 12.0 Å². The lowest BCUT2D eigenvalue weighted by molar-refractivity contribution is -0.124. The number of amides is 3. The molecule has 3 amide bonds. The molecular weight excluding hydrogens is 522 g/mol. The van der Waals surface area contributed by atoms with Crippen LogP contribution < -0.4 is 20.3 Å². The Labute approximate surface area is 230 Å². The first-order valence-corrected chi connectivity index (χ1v) is 12.9. The molecule has 0 atom stereocenters. The molecule has 2 N–H and O–H groups in total. The number of hydrogen-bond acceptors (Lipinski definition) is 7. The van der Waals surface area contributed by atoms with Crippen molar-refractivity contribution in [3.8, 4) is 11.5 Å². The highest BCUT2D eigenvalue weighted by Crippen LogP contribution is 2.34. The number of thiocarbonyl (C=S) groups is 1. The van der Waals surface area contributed by atoms with E-state index in [1.165, 1.54) is 16.7 Å². The zero-order valence-corrected chi connectivity index (χ0v) is 22.1. The van der Waals surface area contributed by atoms with Crippen molar-refractivity contribution in [1.82, 2.24) is 15.8 Å². The number of para-hydroxylation sites is 1. The van der Waals surface area contributed by atoms with Crippen molar-refractivity contribution in [2.24, 2.45) is 0 Å². The van der Waals surface area contributed by atoms with E-state index in [0.29, 0.717) is 32.9 Å². The summed E-state index contributed by atoms with van der Waals surface area (Å²) in [5.41, 5.74) is 6.91. The third-order valence-corrected chi connectivity index (χ3v) is 6.92. The average Bonchev–Trinajstić information content (AvgIpc) is 3.21. The Kier molecular flexibility index (Phi) is 9.12. The first-order chi connectivity index (χ1) is 18.4. The zero-order valence-electron chi connectivity index (χ0n) is 20.5. The second-order valence-corrected chi connectivity index (χ2v) is 9.80. The van der Waals surface area contributed by atoms with Crippen molar-refractivity contribution >= 4 is 52.1 Å². The van der Waals surface area contributed by atoms with Crippen molar-refractivity contribution in [3.63, 3.8) is 0 Å². The Morgan fingerprint density at radius 3 is 2.42 bits per heavy atom. The lowest BCUT2D eigenvalue weighted by Crippen LogP contribution is -2.43. The van der Waals surface area contributed by atoms with Crippen LogP contribution in [0.1, 0.15) is 27.9 Å². The second-order valence-electron chi connectivity index (χ2n) is 8.13. The topological polar surface area (TPSA) is 97.0 Å². The summed E-state index contributed by atoms with van der Waals surface area (Å²) in [6.07, 6.45) is 1.68. The number of thioether (sulfide) groups is 1. The number of hydrogen-bond donors (Lipinski definition) is 2. The van der Waals surface area contributed by atoms with E-state index in [1.807, 2.05) is 48.5 Å². The lowest BCUT2D eigenvalue weighted by atomic mass is 10.2. The third kappa shape index (κ3) is 6.99. The zero-order chi connectivity index (χ0) is 26.9. The highest BCUT2D eigenvalue weighted by Gasteiger charge is 2.32. The van der Waals surface area contributed by atoms with Gasteiger partial charge in [-0.25, -0.2) is 0 Å². The van der Waals surface area contributed by atoms with Crippen LogP contribution in [0.4, 0.5) is 0 Å². The van der Waals surface area contributed by atoms with E-state index in [4.69, 9.17) is 21.7 Å². The van der Waals surface area contributed by atoms with Crippen LogP contribution in [0.2, 0.25) is 0 Å². The number of benzene rings is 3. The van der Waals surface area contributed by atoms with Gasteiger partial charge in [-0.15, -0.1) is 0 Å². The van der Waals surface area contributed by atoms with Gasteiger partial charge in [-0.2, -0.15) is 0 Å². The van der Waals surface area contributed by atoms with Gasteiger partial charge in [0.1, 0.15) is 22.4 Å². The molecule has 1 heterocycles. The van der Waals surface area contributed by atoms with Crippen LogP contribution in [0.5, 0.6) is 11.5 Å². The van der Waals surface area contributed by atoms with Gasteiger partial charge in [0.15, 0.2) is 0 Å². The molecule has 10 heteroatoms. The Morgan fingerprint density at radius 1 is 0.974 bits per heavy atom. The Bertz CT molecular complexity index is 1360. The predicted molar refractivity (Wildman–Crippen MR) is 150 cm³/mol. The summed E-state index contributed by atoms with van der Waals surface area (Å²) in [6.45, 7) is 0.505. The maximum Gasteiger partial charge on any atom is 0.269 e. The molecule has 0 aliphatic carbocycles. The SMILES string of the molecule is COc1ccccc1C=C1SC(=S)N(CCC(=O)NNC(=O)c2ccc(OCc3ccccc3)cc2)C1=O. The number of nitrogens with one attached hydrogen (secondary N) is 2. The molecule has 0 aromatic heterocycles. The van der Waals surface area contributed by atoms with Gasteiger partial charge < -0.3 is 9.47 Å². The fourth-order valence-electron chi connectivity index (χ4n) is 3.54. The number of ether oxygens (including phenoxy) is 2. The van der Waals surface area contributed by atoms with Crippen molar-refractivity contribution < 1.29 is 23.9 Å². The first-order valence-electron chi connectivity index (χ1n) is 11.7. The van der Waals surface area contributed by atoms with Crippen molar-refractivity contribution in [2.45, 2.75) is 13.0 Å². The largest absolute Gasteiger partial charge is 0.496 e. The number of rotatable bonds is 9. The molecule has 1 fully saturated rings. The lowest BCUT2D eigenvalue weighted by Gasteiger charge is -2.14. The van der Waals surface area contributed by atoms with Gasteiger partial charge >= 0.3 is 0 Å². The molecule has 1 aliphatic heterocycles. The van der Waals surface area contributed by atoms with E-state index >= 15 is 0 Å². The molecule has 1 saturated heterocycles. The maximum atomic E-state index is 12.8. The van der Waals surface area contributed by atoms with E-state index in [2.05, 4.69) is 10.9 Å². The van der Waals surface area contributed by atoms with Crippen molar-refractivity contribution in [2.75, 3.05) is 13.7 Å². The van der Waals surface area contributed by atoms with Gasteiger partial charge in [0, 0.05) is 24.1 Å². The molecule has 4 rings (SSSR count). The van der Waals surface area contributed by atoms with Gasteiger partial charge in [0.25, 0.3) is 11.8 Å². The highest BCUT2D eigenvalue weighted by atomic mass is 32.2. The summed E-state index contributed by atoms with van der Waals surface area (Å²) in [6, 6.07) is 23.7. The molecule has 3 aromatic carbocycles. The molecule has 0 spiro atoms. The van der Waals surface area contributed by atoms with E-state index < -0.39 is 11.8 Å². The molecule has 3 aromatic rings. The normalized spacial score (nSPS) is 13.9.